The van der Waals surface area contributed by atoms with Crippen LogP contribution in [0.15, 0.2) is 0 Å². The van der Waals surface area contributed by atoms with E-state index in [2.05, 4.69) is 19.2 Å². The minimum absolute atomic E-state index is 0.0336. The van der Waals surface area contributed by atoms with Crippen molar-refractivity contribution in [2.45, 2.75) is 39.3 Å². The summed E-state index contributed by atoms with van der Waals surface area (Å²) in [5.41, 5.74) is -0.0336. The van der Waals surface area contributed by atoms with Gasteiger partial charge in [-0.05, 0) is 18.3 Å². The monoisotopic (exact) mass is 285 g/mol. The molecule has 0 aromatic carbocycles. The Morgan fingerprint density at radius 1 is 1.11 bits per heavy atom. The number of hydrogen-bond donors (Lipinski definition) is 1. The van der Waals surface area contributed by atoms with Gasteiger partial charge in [-0.1, -0.05) is 20.3 Å². The highest BCUT2D eigenvalue weighted by molar-refractivity contribution is 4.76. The zero-order valence-corrected chi connectivity index (χ0v) is 12.1. The minimum Gasteiger partial charge on any atom is -0.383 e. The van der Waals surface area contributed by atoms with Crippen molar-refractivity contribution in [3.05, 3.63) is 0 Å². The van der Waals surface area contributed by atoms with Crippen LogP contribution in [-0.4, -0.2) is 46.2 Å². The van der Waals surface area contributed by atoms with Gasteiger partial charge in [-0.2, -0.15) is 13.2 Å². The summed E-state index contributed by atoms with van der Waals surface area (Å²) in [5.74, 6) is 0. The summed E-state index contributed by atoms with van der Waals surface area (Å²) in [7, 11) is 1.64. The molecule has 0 rings (SSSR count). The summed E-state index contributed by atoms with van der Waals surface area (Å²) >= 11 is 0. The van der Waals surface area contributed by atoms with Crippen molar-refractivity contribution in [3.8, 4) is 0 Å². The quantitative estimate of drug-likeness (QED) is 0.592. The molecule has 3 nitrogen and oxygen atoms in total. The Hall–Kier alpha value is -0.330. The summed E-state index contributed by atoms with van der Waals surface area (Å²) in [4.78, 5) is 0. The van der Waals surface area contributed by atoms with Gasteiger partial charge in [-0.3, -0.25) is 0 Å². The van der Waals surface area contributed by atoms with Gasteiger partial charge in [0.25, 0.3) is 0 Å². The molecule has 0 aromatic heterocycles. The predicted octanol–water partition coefficient (Wildman–Crippen LogP) is 3.00. The second-order valence-corrected chi connectivity index (χ2v) is 5.15. The van der Waals surface area contributed by atoms with Crippen LogP contribution in [0.4, 0.5) is 13.2 Å². The van der Waals surface area contributed by atoms with Gasteiger partial charge in [0.15, 0.2) is 0 Å². The van der Waals surface area contributed by atoms with Crippen LogP contribution in [-0.2, 0) is 9.47 Å². The Kier molecular flexibility index (Phi) is 9.39. The average molecular weight is 285 g/mol. The van der Waals surface area contributed by atoms with E-state index in [0.29, 0.717) is 13.0 Å². The molecule has 0 spiro atoms. The number of rotatable bonds is 11. The highest BCUT2D eigenvalue weighted by Crippen LogP contribution is 2.27. The molecule has 0 bridgehead atoms. The van der Waals surface area contributed by atoms with E-state index in [1.165, 1.54) is 0 Å². The molecule has 116 valence electrons. The molecule has 0 saturated carbocycles. The van der Waals surface area contributed by atoms with Crippen LogP contribution < -0.4 is 5.32 Å². The fraction of sp³-hybridized carbons (Fsp3) is 1.00. The molecule has 1 unspecified atom stereocenters. The first kappa shape index (κ1) is 18.7. The third kappa shape index (κ3) is 11.2. The fourth-order valence-electron chi connectivity index (χ4n) is 1.98. The van der Waals surface area contributed by atoms with Crippen LogP contribution in [0.2, 0.25) is 0 Å². The summed E-state index contributed by atoms with van der Waals surface area (Å²) in [6.45, 7) is 5.27. The van der Waals surface area contributed by atoms with Gasteiger partial charge >= 0.3 is 6.18 Å². The largest absolute Gasteiger partial charge is 0.411 e. The molecule has 0 saturated heterocycles. The highest BCUT2D eigenvalue weighted by atomic mass is 19.4. The van der Waals surface area contributed by atoms with Crippen molar-refractivity contribution >= 4 is 0 Å². The molecule has 0 heterocycles. The van der Waals surface area contributed by atoms with Crippen molar-refractivity contribution in [2.75, 3.05) is 40.0 Å². The molecule has 1 atom stereocenters. The highest BCUT2D eigenvalue weighted by Gasteiger charge is 2.28. The van der Waals surface area contributed by atoms with Gasteiger partial charge in [0.1, 0.15) is 6.61 Å². The summed E-state index contributed by atoms with van der Waals surface area (Å²) in [6.07, 6.45) is -1.65. The van der Waals surface area contributed by atoms with Gasteiger partial charge in [-0.15, -0.1) is 0 Å². The molecular weight excluding hydrogens is 259 g/mol. The van der Waals surface area contributed by atoms with Crippen molar-refractivity contribution in [2.24, 2.45) is 5.41 Å². The average Bonchev–Trinajstić information content (AvgIpc) is 2.30. The van der Waals surface area contributed by atoms with Crippen molar-refractivity contribution in [3.63, 3.8) is 0 Å². The van der Waals surface area contributed by atoms with Crippen LogP contribution in [0.25, 0.3) is 0 Å². The Labute approximate surface area is 113 Å². The van der Waals surface area contributed by atoms with Crippen molar-refractivity contribution in [1.29, 1.82) is 0 Å². The van der Waals surface area contributed by atoms with Gasteiger partial charge in [-0.25, -0.2) is 0 Å². The molecule has 0 aromatic rings. The van der Waals surface area contributed by atoms with Crippen molar-refractivity contribution in [1.82, 2.24) is 5.32 Å². The van der Waals surface area contributed by atoms with E-state index in [0.717, 1.165) is 25.9 Å². The molecule has 0 aliphatic rings. The van der Waals surface area contributed by atoms with Crippen LogP contribution in [0.1, 0.15) is 33.1 Å². The van der Waals surface area contributed by atoms with Gasteiger partial charge in [0.05, 0.1) is 6.61 Å². The van der Waals surface area contributed by atoms with Crippen LogP contribution in [0.5, 0.6) is 0 Å². The molecule has 0 aliphatic carbocycles. The topological polar surface area (TPSA) is 30.5 Å². The molecule has 1 N–H and O–H groups in total. The maximum atomic E-state index is 12.0. The molecule has 0 amide bonds. The Balaban J connectivity index is 3.93. The third-order valence-electron chi connectivity index (χ3n) is 3.00. The second-order valence-electron chi connectivity index (χ2n) is 5.15. The number of methoxy groups -OCH3 is 1. The van der Waals surface area contributed by atoms with E-state index < -0.39 is 12.8 Å². The number of halogens is 3. The first-order valence-corrected chi connectivity index (χ1v) is 6.67. The third-order valence-corrected chi connectivity index (χ3v) is 3.00. The Morgan fingerprint density at radius 2 is 1.79 bits per heavy atom. The van der Waals surface area contributed by atoms with Gasteiger partial charge < -0.3 is 14.8 Å². The number of alkyl halides is 3. The minimum atomic E-state index is -4.24. The second kappa shape index (κ2) is 9.55. The van der Waals surface area contributed by atoms with Crippen molar-refractivity contribution < 1.29 is 22.6 Å². The smallest absolute Gasteiger partial charge is 0.383 e. The van der Waals surface area contributed by atoms with Gasteiger partial charge in [0, 0.05) is 26.8 Å². The first-order valence-electron chi connectivity index (χ1n) is 6.67. The Morgan fingerprint density at radius 3 is 2.32 bits per heavy atom. The lowest BCUT2D eigenvalue weighted by Gasteiger charge is -2.29. The van der Waals surface area contributed by atoms with Crippen LogP contribution in [0.3, 0.4) is 0 Å². The SMILES string of the molecule is CCCC(C)(CCOCC(F)(F)F)CNCCOC. The van der Waals surface area contributed by atoms with E-state index in [4.69, 9.17) is 9.47 Å². The first-order chi connectivity index (χ1) is 8.83. The normalized spacial score (nSPS) is 15.5. The standard InChI is InChI=1S/C13H26F3NO2/c1-4-5-12(2,10-17-7-9-18-3)6-8-19-11-13(14,15)16/h17H,4-11H2,1-3H3. The summed E-state index contributed by atoms with van der Waals surface area (Å²) < 4.78 is 45.5. The van der Waals surface area contributed by atoms with E-state index in [1.807, 2.05) is 0 Å². The lowest BCUT2D eigenvalue weighted by molar-refractivity contribution is -0.175. The number of ether oxygens (including phenoxy) is 2. The molecular formula is C13H26F3NO2. The summed E-state index contributed by atoms with van der Waals surface area (Å²) in [6, 6.07) is 0. The maximum absolute atomic E-state index is 12.0. The zero-order valence-electron chi connectivity index (χ0n) is 12.1. The zero-order chi connectivity index (χ0) is 14.8. The fourth-order valence-corrected chi connectivity index (χ4v) is 1.98. The van der Waals surface area contributed by atoms with Crippen LogP contribution in [0, 0.1) is 5.41 Å². The van der Waals surface area contributed by atoms with Gasteiger partial charge in [0.2, 0.25) is 0 Å². The molecule has 19 heavy (non-hydrogen) atoms. The lowest BCUT2D eigenvalue weighted by Crippen LogP contribution is -2.35. The van der Waals surface area contributed by atoms with E-state index in [1.54, 1.807) is 7.11 Å². The molecule has 0 aliphatic heterocycles. The lowest BCUT2D eigenvalue weighted by atomic mass is 9.82. The Bertz CT molecular complexity index is 224. The van der Waals surface area contributed by atoms with E-state index in [-0.39, 0.29) is 12.0 Å². The predicted molar refractivity (Wildman–Crippen MR) is 69.3 cm³/mol. The van der Waals surface area contributed by atoms with Crippen LogP contribution >= 0.6 is 0 Å². The van der Waals surface area contributed by atoms with E-state index >= 15 is 0 Å². The molecule has 0 fully saturated rings. The molecule has 6 heteroatoms. The number of nitrogens with one attached hydrogen (secondary N) is 1. The number of hydrogen-bond acceptors (Lipinski definition) is 3. The van der Waals surface area contributed by atoms with E-state index in [9.17, 15) is 13.2 Å². The summed E-state index contributed by atoms with van der Waals surface area (Å²) in [5, 5.41) is 3.27. The maximum Gasteiger partial charge on any atom is 0.411 e. The molecule has 0 radical (unpaired) electrons.